The Morgan fingerprint density at radius 1 is 1.47 bits per heavy atom. The van der Waals surface area contributed by atoms with Crippen LogP contribution in [0.1, 0.15) is 40.0 Å². The second-order valence-corrected chi connectivity index (χ2v) is 5.84. The van der Waals surface area contributed by atoms with Gasteiger partial charge in [-0.25, -0.2) is 0 Å². The molecule has 0 aromatic heterocycles. The predicted octanol–water partition coefficient (Wildman–Crippen LogP) is 2.68. The zero-order valence-electron chi connectivity index (χ0n) is 10.3. The summed E-state index contributed by atoms with van der Waals surface area (Å²) in [4.78, 5) is 0. The standard InChI is InChI=1S/C12H25NOS/c1-4-7-13-11(9-14-10(2)3)12-6-5-8-15-12/h10-13H,4-9H2,1-3H3. The van der Waals surface area contributed by atoms with Gasteiger partial charge in [-0.3, -0.25) is 0 Å². The maximum atomic E-state index is 5.74. The monoisotopic (exact) mass is 231 g/mol. The number of thioether (sulfide) groups is 1. The fourth-order valence-corrected chi connectivity index (χ4v) is 3.22. The molecule has 1 heterocycles. The van der Waals surface area contributed by atoms with Gasteiger partial charge in [0.05, 0.1) is 12.7 Å². The van der Waals surface area contributed by atoms with Crippen LogP contribution in [0.3, 0.4) is 0 Å². The van der Waals surface area contributed by atoms with Crippen molar-refractivity contribution in [1.82, 2.24) is 5.32 Å². The molecule has 0 bridgehead atoms. The largest absolute Gasteiger partial charge is 0.377 e. The van der Waals surface area contributed by atoms with Gasteiger partial charge in [-0.15, -0.1) is 0 Å². The molecule has 1 aliphatic heterocycles. The lowest BCUT2D eigenvalue weighted by molar-refractivity contribution is 0.0607. The Kier molecular flexibility index (Phi) is 6.69. The predicted molar refractivity (Wildman–Crippen MR) is 68.6 cm³/mol. The number of rotatable bonds is 7. The molecule has 0 aliphatic carbocycles. The summed E-state index contributed by atoms with van der Waals surface area (Å²) >= 11 is 2.11. The van der Waals surface area contributed by atoms with E-state index in [1.165, 1.54) is 25.0 Å². The van der Waals surface area contributed by atoms with E-state index in [9.17, 15) is 0 Å². The molecule has 1 aliphatic rings. The van der Waals surface area contributed by atoms with Gasteiger partial charge in [-0.1, -0.05) is 6.92 Å². The van der Waals surface area contributed by atoms with Crippen LogP contribution in [0.4, 0.5) is 0 Å². The van der Waals surface area contributed by atoms with E-state index >= 15 is 0 Å². The minimum atomic E-state index is 0.349. The van der Waals surface area contributed by atoms with Crippen molar-refractivity contribution in [2.24, 2.45) is 0 Å². The average Bonchev–Trinajstić information content (AvgIpc) is 2.71. The minimum Gasteiger partial charge on any atom is -0.377 e. The van der Waals surface area contributed by atoms with E-state index in [0.29, 0.717) is 12.1 Å². The van der Waals surface area contributed by atoms with Crippen molar-refractivity contribution < 1.29 is 4.74 Å². The molecule has 0 aromatic carbocycles. The quantitative estimate of drug-likeness (QED) is 0.728. The van der Waals surface area contributed by atoms with Crippen LogP contribution in [0.5, 0.6) is 0 Å². The third-order valence-corrected chi connectivity index (χ3v) is 4.20. The fourth-order valence-electron chi connectivity index (χ4n) is 1.84. The van der Waals surface area contributed by atoms with Crippen molar-refractivity contribution in [3.63, 3.8) is 0 Å². The molecule has 0 amide bonds. The van der Waals surface area contributed by atoms with E-state index in [-0.39, 0.29) is 0 Å². The van der Waals surface area contributed by atoms with E-state index in [2.05, 4.69) is 37.8 Å². The Hall–Kier alpha value is 0.270. The highest BCUT2D eigenvalue weighted by Crippen LogP contribution is 2.29. The summed E-state index contributed by atoms with van der Waals surface area (Å²) in [6, 6.07) is 0.555. The van der Waals surface area contributed by atoms with Crippen LogP contribution in [0.25, 0.3) is 0 Å². The van der Waals surface area contributed by atoms with Gasteiger partial charge in [-0.05, 0) is 45.4 Å². The maximum Gasteiger partial charge on any atom is 0.0633 e. The van der Waals surface area contributed by atoms with Crippen molar-refractivity contribution >= 4 is 11.8 Å². The van der Waals surface area contributed by atoms with Gasteiger partial charge in [0, 0.05) is 11.3 Å². The van der Waals surface area contributed by atoms with Crippen molar-refractivity contribution in [1.29, 1.82) is 0 Å². The molecule has 0 spiro atoms. The Labute approximate surface area is 98.5 Å². The summed E-state index contributed by atoms with van der Waals surface area (Å²) in [6.45, 7) is 8.42. The molecule has 2 nitrogen and oxygen atoms in total. The van der Waals surface area contributed by atoms with Gasteiger partial charge < -0.3 is 10.1 Å². The van der Waals surface area contributed by atoms with E-state index in [1.54, 1.807) is 0 Å². The Bertz CT molecular complexity index is 158. The van der Waals surface area contributed by atoms with Gasteiger partial charge >= 0.3 is 0 Å². The highest BCUT2D eigenvalue weighted by Gasteiger charge is 2.25. The van der Waals surface area contributed by atoms with Gasteiger partial charge in [0.15, 0.2) is 0 Å². The first-order chi connectivity index (χ1) is 7.24. The van der Waals surface area contributed by atoms with Crippen LogP contribution in [-0.2, 0) is 4.74 Å². The van der Waals surface area contributed by atoms with Crippen molar-refractivity contribution in [2.75, 3.05) is 18.9 Å². The van der Waals surface area contributed by atoms with E-state index in [4.69, 9.17) is 4.74 Å². The SMILES string of the molecule is CCCNC(COC(C)C)C1CCCS1. The molecular formula is C12H25NOS. The lowest BCUT2D eigenvalue weighted by Gasteiger charge is -2.25. The first kappa shape index (κ1) is 13.3. The van der Waals surface area contributed by atoms with Gasteiger partial charge in [0.1, 0.15) is 0 Å². The summed E-state index contributed by atoms with van der Waals surface area (Å²) in [5.74, 6) is 1.33. The first-order valence-electron chi connectivity index (χ1n) is 6.20. The molecule has 3 heteroatoms. The Balaban J connectivity index is 2.30. The van der Waals surface area contributed by atoms with Gasteiger partial charge in [0.25, 0.3) is 0 Å². The Morgan fingerprint density at radius 3 is 2.80 bits per heavy atom. The minimum absolute atomic E-state index is 0.349. The molecule has 0 aromatic rings. The lowest BCUT2D eigenvalue weighted by Crippen LogP contribution is -2.42. The van der Waals surface area contributed by atoms with Crippen LogP contribution in [0.2, 0.25) is 0 Å². The van der Waals surface area contributed by atoms with E-state index in [1.807, 2.05) is 0 Å². The van der Waals surface area contributed by atoms with Crippen LogP contribution < -0.4 is 5.32 Å². The van der Waals surface area contributed by atoms with Crippen molar-refractivity contribution in [2.45, 2.75) is 57.4 Å². The third-order valence-electron chi connectivity index (χ3n) is 2.68. The van der Waals surface area contributed by atoms with Crippen LogP contribution in [0, 0.1) is 0 Å². The molecule has 2 atom stereocenters. The summed E-state index contributed by atoms with van der Waals surface area (Å²) in [5.41, 5.74) is 0. The van der Waals surface area contributed by atoms with E-state index in [0.717, 1.165) is 18.4 Å². The zero-order chi connectivity index (χ0) is 11.1. The second-order valence-electron chi connectivity index (χ2n) is 4.49. The van der Waals surface area contributed by atoms with E-state index < -0.39 is 0 Å². The lowest BCUT2D eigenvalue weighted by atomic mass is 10.1. The average molecular weight is 231 g/mol. The summed E-state index contributed by atoms with van der Waals surface area (Å²) in [7, 11) is 0. The molecular weight excluding hydrogens is 206 g/mol. The highest BCUT2D eigenvalue weighted by molar-refractivity contribution is 8.00. The number of hydrogen-bond donors (Lipinski definition) is 1. The molecule has 1 saturated heterocycles. The molecule has 2 unspecified atom stereocenters. The topological polar surface area (TPSA) is 21.3 Å². The molecule has 0 saturated carbocycles. The molecule has 1 N–H and O–H groups in total. The number of hydrogen-bond acceptors (Lipinski definition) is 3. The first-order valence-corrected chi connectivity index (χ1v) is 7.25. The van der Waals surface area contributed by atoms with Crippen LogP contribution >= 0.6 is 11.8 Å². The van der Waals surface area contributed by atoms with Crippen LogP contribution in [0.15, 0.2) is 0 Å². The van der Waals surface area contributed by atoms with Gasteiger partial charge in [-0.2, -0.15) is 11.8 Å². The third kappa shape index (κ3) is 5.23. The maximum absolute atomic E-state index is 5.74. The molecule has 1 fully saturated rings. The number of nitrogens with one attached hydrogen (secondary N) is 1. The van der Waals surface area contributed by atoms with Crippen molar-refractivity contribution in [3.8, 4) is 0 Å². The summed E-state index contributed by atoms with van der Waals surface area (Å²) < 4.78 is 5.74. The molecule has 90 valence electrons. The van der Waals surface area contributed by atoms with Crippen molar-refractivity contribution in [3.05, 3.63) is 0 Å². The summed E-state index contributed by atoms with van der Waals surface area (Å²) in [6.07, 6.45) is 4.28. The van der Waals surface area contributed by atoms with Gasteiger partial charge in [0.2, 0.25) is 0 Å². The fraction of sp³-hybridized carbons (Fsp3) is 1.00. The molecule has 0 radical (unpaired) electrons. The second kappa shape index (κ2) is 7.53. The smallest absolute Gasteiger partial charge is 0.0633 e. The highest BCUT2D eigenvalue weighted by atomic mass is 32.2. The van der Waals surface area contributed by atoms with Crippen LogP contribution in [-0.4, -0.2) is 36.3 Å². The Morgan fingerprint density at radius 2 is 2.27 bits per heavy atom. The number of ether oxygens (including phenoxy) is 1. The summed E-state index contributed by atoms with van der Waals surface area (Å²) in [5, 5.41) is 4.39. The normalized spacial score (nSPS) is 23.6. The zero-order valence-corrected chi connectivity index (χ0v) is 11.1. The molecule has 1 rings (SSSR count). The molecule has 15 heavy (non-hydrogen) atoms.